The van der Waals surface area contributed by atoms with E-state index < -0.39 is 5.97 Å². The molecule has 0 aliphatic carbocycles. The van der Waals surface area contributed by atoms with Crippen molar-refractivity contribution in [2.24, 2.45) is 0 Å². The number of amides is 1. The summed E-state index contributed by atoms with van der Waals surface area (Å²) in [5.41, 5.74) is 0.994. The van der Waals surface area contributed by atoms with Gasteiger partial charge in [0.05, 0.1) is 4.88 Å². The normalized spacial score (nSPS) is 14.9. The van der Waals surface area contributed by atoms with Crippen molar-refractivity contribution in [1.82, 2.24) is 9.88 Å². The van der Waals surface area contributed by atoms with Crippen molar-refractivity contribution in [2.75, 3.05) is 13.1 Å². The fraction of sp³-hybridized carbons (Fsp3) is 0.214. The number of thiophene rings is 1. The number of likely N-dealkylation sites (tertiary alicyclic amines) is 1. The summed E-state index contributed by atoms with van der Waals surface area (Å²) in [7, 11) is 0. The van der Waals surface area contributed by atoms with E-state index in [1.54, 1.807) is 17.2 Å². The third-order valence-corrected chi connectivity index (χ3v) is 4.36. The highest BCUT2D eigenvalue weighted by molar-refractivity contribution is 7.15. The fourth-order valence-electron chi connectivity index (χ4n) is 2.17. The van der Waals surface area contributed by atoms with Crippen molar-refractivity contribution in [1.29, 1.82) is 0 Å². The van der Waals surface area contributed by atoms with Crippen LogP contribution in [0.3, 0.4) is 0 Å². The maximum Gasteiger partial charge on any atom is 0.345 e. The largest absolute Gasteiger partial charge is 0.477 e. The van der Waals surface area contributed by atoms with E-state index >= 15 is 0 Å². The summed E-state index contributed by atoms with van der Waals surface area (Å²) in [6.45, 7) is 1.27. The lowest BCUT2D eigenvalue weighted by Gasteiger charge is -2.38. The quantitative estimate of drug-likeness (QED) is 0.938. The predicted molar refractivity (Wildman–Crippen MR) is 74.2 cm³/mol. The summed E-state index contributed by atoms with van der Waals surface area (Å²) < 4.78 is 0. The van der Waals surface area contributed by atoms with Crippen molar-refractivity contribution in [3.8, 4) is 0 Å². The first-order valence-corrected chi connectivity index (χ1v) is 7.00. The maximum atomic E-state index is 12.2. The molecule has 0 spiro atoms. The Morgan fingerprint density at radius 2 is 1.95 bits per heavy atom. The van der Waals surface area contributed by atoms with Crippen molar-refractivity contribution < 1.29 is 14.7 Å². The minimum atomic E-state index is -0.996. The molecule has 2 aromatic rings. The van der Waals surface area contributed by atoms with Crippen molar-refractivity contribution in [2.45, 2.75) is 5.92 Å². The van der Waals surface area contributed by atoms with Crippen LogP contribution in [0.2, 0.25) is 0 Å². The van der Waals surface area contributed by atoms with E-state index in [0.29, 0.717) is 18.0 Å². The molecule has 1 aliphatic heterocycles. The zero-order chi connectivity index (χ0) is 14.1. The van der Waals surface area contributed by atoms with Crippen LogP contribution in [0, 0.1) is 0 Å². The predicted octanol–water partition coefficient (Wildman–Crippen LogP) is 2.08. The van der Waals surface area contributed by atoms with Crippen molar-refractivity contribution in [3.05, 3.63) is 52.0 Å². The molecule has 6 heteroatoms. The van der Waals surface area contributed by atoms with Gasteiger partial charge in [-0.3, -0.25) is 9.78 Å². The van der Waals surface area contributed by atoms with Gasteiger partial charge in [0.2, 0.25) is 0 Å². The van der Waals surface area contributed by atoms with Crippen LogP contribution < -0.4 is 0 Å². The first kappa shape index (κ1) is 12.8. The second-order valence-corrected chi connectivity index (χ2v) is 5.71. The molecule has 0 unspecified atom stereocenters. The number of rotatable bonds is 3. The molecule has 0 atom stereocenters. The molecule has 0 saturated carbocycles. The molecule has 1 saturated heterocycles. The third-order valence-electron chi connectivity index (χ3n) is 3.30. The lowest BCUT2D eigenvalue weighted by molar-refractivity contribution is 0.0603. The summed E-state index contributed by atoms with van der Waals surface area (Å²) in [5.74, 6) is -0.822. The summed E-state index contributed by atoms with van der Waals surface area (Å²) in [4.78, 5) is 29.6. The SMILES string of the molecule is O=C(O)c1ccc(C(=O)N2CC(c3ccccn3)C2)s1. The number of pyridine rings is 1. The van der Waals surface area contributed by atoms with Gasteiger partial charge in [0, 0.05) is 30.9 Å². The standard InChI is InChI=1S/C14H12N2O3S/c17-13(11-4-5-12(20-11)14(18)19)16-7-9(8-16)10-3-1-2-6-15-10/h1-6,9H,7-8H2,(H,18,19). The van der Waals surface area contributed by atoms with Crippen LogP contribution >= 0.6 is 11.3 Å². The average molecular weight is 288 g/mol. The first-order valence-electron chi connectivity index (χ1n) is 6.18. The number of carbonyl (C=O) groups is 2. The molecule has 102 valence electrons. The Labute approximate surface area is 119 Å². The third kappa shape index (κ3) is 2.30. The van der Waals surface area contributed by atoms with E-state index in [0.717, 1.165) is 17.0 Å². The zero-order valence-corrected chi connectivity index (χ0v) is 11.3. The van der Waals surface area contributed by atoms with Gasteiger partial charge in [-0.15, -0.1) is 11.3 Å². The second-order valence-electron chi connectivity index (χ2n) is 4.63. The molecule has 5 nitrogen and oxygen atoms in total. The van der Waals surface area contributed by atoms with Gasteiger partial charge in [0.25, 0.3) is 5.91 Å². The van der Waals surface area contributed by atoms with Crippen LogP contribution in [-0.4, -0.2) is 40.0 Å². The smallest absolute Gasteiger partial charge is 0.345 e. The number of nitrogens with zero attached hydrogens (tertiary/aromatic N) is 2. The van der Waals surface area contributed by atoms with Gasteiger partial charge >= 0.3 is 5.97 Å². The Hall–Kier alpha value is -2.21. The van der Waals surface area contributed by atoms with Crippen molar-refractivity contribution in [3.63, 3.8) is 0 Å². The Morgan fingerprint density at radius 3 is 2.55 bits per heavy atom. The van der Waals surface area contributed by atoms with Gasteiger partial charge in [-0.1, -0.05) is 6.07 Å². The van der Waals surface area contributed by atoms with Crippen LogP contribution in [0.5, 0.6) is 0 Å². The van der Waals surface area contributed by atoms with E-state index in [4.69, 9.17) is 5.11 Å². The number of hydrogen-bond donors (Lipinski definition) is 1. The van der Waals surface area contributed by atoms with Gasteiger partial charge < -0.3 is 10.0 Å². The number of hydrogen-bond acceptors (Lipinski definition) is 4. The van der Waals surface area contributed by atoms with Gasteiger partial charge in [-0.25, -0.2) is 4.79 Å². The average Bonchev–Trinajstić information content (AvgIpc) is 2.88. The van der Waals surface area contributed by atoms with Crippen molar-refractivity contribution >= 4 is 23.2 Å². The molecular weight excluding hydrogens is 276 g/mol. The Morgan fingerprint density at radius 1 is 1.20 bits per heavy atom. The van der Waals surface area contributed by atoms with Gasteiger partial charge in [-0.05, 0) is 24.3 Å². The summed E-state index contributed by atoms with van der Waals surface area (Å²) in [6.07, 6.45) is 1.75. The van der Waals surface area contributed by atoms with Crippen LogP contribution in [0.25, 0.3) is 0 Å². The number of carboxylic acids is 1. The molecule has 2 aromatic heterocycles. The molecule has 0 radical (unpaired) electrons. The highest BCUT2D eigenvalue weighted by Gasteiger charge is 2.33. The van der Waals surface area contributed by atoms with E-state index in [1.807, 2.05) is 18.2 Å². The number of aromatic carboxylic acids is 1. The Kier molecular flexibility index (Phi) is 3.23. The Balaban J connectivity index is 1.64. The maximum absolute atomic E-state index is 12.2. The molecule has 1 amide bonds. The van der Waals surface area contributed by atoms with Gasteiger partial charge in [0.15, 0.2) is 0 Å². The topological polar surface area (TPSA) is 70.5 Å². The molecule has 20 heavy (non-hydrogen) atoms. The molecule has 0 bridgehead atoms. The van der Waals surface area contributed by atoms with Gasteiger partial charge in [-0.2, -0.15) is 0 Å². The lowest BCUT2D eigenvalue weighted by Crippen LogP contribution is -2.48. The molecule has 3 rings (SSSR count). The molecule has 1 fully saturated rings. The number of carboxylic acid groups (broad SMARTS) is 1. The summed E-state index contributed by atoms with van der Waals surface area (Å²) >= 11 is 1.02. The summed E-state index contributed by atoms with van der Waals surface area (Å²) in [6, 6.07) is 8.80. The minimum Gasteiger partial charge on any atom is -0.477 e. The van der Waals surface area contributed by atoms with E-state index in [9.17, 15) is 9.59 Å². The van der Waals surface area contributed by atoms with E-state index in [2.05, 4.69) is 4.98 Å². The molecule has 1 N–H and O–H groups in total. The molecule has 1 aliphatic rings. The highest BCUT2D eigenvalue weighted by Crippen LogP contribution is 2.28. The molecule has 0 aromatic carbocycles. The monoisotopic (exact) mass is 288 g/mol. The highest BCUT2D eigenvalue weighted by atomic mass is 32.1. The van der Waals surface area contributed by atoms with Crippen LogP contribution in [0.1, 0.15) is 31.0 Å². The Bertz CT molecular complexity index is 647. The number of carbonyl (C=O) groups excluding carboxylic acids is 1. The second kappa shape index (κ2) is 5.05. The van der Waals surface area contributed by atoms with Crippen LogP contribution in [0.15, 0.2) is 36.5 Å². The number of aromatic nitrogens is 1. The van der Waals surface area contributed by atoms with Crippen LogP contribution in [-0.2, 0) is 0 Å². The van der Waals surface area contributed by atoms with Crippen LogP contribution in [0.4, 0.5) is 0 Å². The lowest BCUT2D eigenvalue weighted by atomic mass is 9.95. The minimum absolute atomic E-state index is 0.102. The fourth-order valence-corrected chi connectivity index (χ4v) is 2.99. The molecular formula is C14H12N2O3S. The molecule has 3 heterocycles. The van der Waals surface area contributed by atoms with Gasteiger partial charge in [0.1, 0.15) is 4.88 Å². The summed E-state index contributed by atoms with van der Waals surface area (Å²) in [5, 5.41) is 8.86. The van der Waals surface area contributed by atoms with E-state index in [-0.39, 0.29) is 16.7 Å². The zero-order valence-electron chi connectivity index (χ0n) is 10.5. The van der Waals surface area contributed by atoms with E-state index in [1.165, 1.54) is 6.07 Å². The first-order chi connectivity index (χ1) is 9.65.